The van der Waals surface area contributed by atoms with Crippen LogP contribution < -0.4 is 9.47 Å². The normalized spacial score (nSPS) is 11.0. The number of phenolic OH excluding ortho intramolecular Hbond substituents is 2. The summed E-state index contributed by atoms with van der Waals surface area (Å²) in [6, 6.07) is 8.82. The molecule has 8 nitrogen and oxygen atoms in total. The third kappa shape index (κ3) is 9.61. The summed E-state index contributed by atoms with van der Waals surface area (Å²) in [5.74, 6) is -0.160. The highest BCUT2D eigenvalue weighted by Gasteiger charge is 2.15. The molecule has 2 aromatic carbocycles. The van der Waals surface area contributed by atoms with Gasteiger partial charge in [-0.15, -0.1) is 0 Å². The average Bonchev–Trinajstić information content (AvgIpc) is 2.75. The number of benzene rings is 2. The minimum absolute atomic E-state index is 0.220. The standard InChI is InChI=1S/C11H12O4.C9H10O4.C2H2Br2/c1-2-13-11(12)8-3-4-9-10(7-8)15-6-5-14-9;1-2-13-9(12)6-3-4-7(10)8(11)5-6;1-2(3)4/h3-4,7H,2,5-6H2,1H3;3-5,10-11H,2H2,1H3;1H2. The summed E-state index contributed by atoms with van der Waals surface area (Å²) in [5, 5.41) is 18.0. The number of carbonyl (C=O) groups excluding carboxylic acids is 2. The van der Waals surface area contributed by atoms with Crippen molar-refractivity contribution in [3.63, 3.8) is 0 Å². The molecule has 0 radical (unpaired) electrons. The summed E-state index contributed by atoms with van der Waals surface area (Å²) >= 11 is 5.99. The fourth-order valence-corrected chi connectivity index (χ4v) is 2.25. The Morgan fingerprint density at radius 2 is 1.34 bits per heavy atom. The lowest BCUT2D eigenvalue weighted by Gasteiger charge is -2.18. The van der Waals surface area contributed by atoms with Crippen molar-refractivity contribution >= 4 is 43.8 Å². The summed E-state index contributed by atoms with van der Waals surface area (Å²) < 4.78 is 21.1. The van der Waals surface area contributed by atoms with Crippen molar-refractivity contribution in [1.29, 1.82) is 0 Å². The van der Waals surface area contributed by atoms with Crippen molar-refractivity contribution in [2.45, 2.75) is 13.8 Å². The van der Waals surface area contributed by atoms with E-state index in [1.54, 1.807) is 32.0 Å². The molecule has 0 fully saturated rings. The van der Waals surface area contributed by atoms with Gasteiger partial charge in [0.2, 0.25) is 0 Å². The molecule has 0 aromatic heterocycles. The topological polar surface area (TPSA) is 112 Å². The summed E-state index contributed by atoms with van der Waals surface area (Å²) in [5.41, 5.74) is 0.707. The first-order chi connectivity index (χ1) is 15.2. The Morgan fingerprint density at radius 1 is 0.875 bits per heavy atom. The number of rotatable bonds is 4. The Morgan fingerprint density at radius 3 is 1.84 bits per heavy atom. The number of carbonyl (C=O) groups is 2. The van der Waals surface area contributed by atoms with E-state index in [0.29, 0.717) is 36.9 Å². The van der Waals surface area contributed by atoms with Gasteiger partial charge in [0.05, 0.1) is 27.7 Å². The molecule has 1 aliphatic heterocycles. The van der Waals surface area contributed by atoms with E-state index in [-0.39, 0.29) is 29.6 Å². The van der Waals surface area contributed by atoms with Gasteiger partial charge in [0, 0.05) is 0 Å². The predicted octanol–water partition coefficient (Wildman–Crippen LogP) is 5.16. The molecule has 0 unspecified atom stereocenters. The van der Waals surface area contributed by atoms with Gasteiger partial charge in [0.15, 0.2) is 23.0 Å². The molecule has 0 amide bonds. The van der Waals surface area contributed by atoms with Gasteiger partial charge in [-0.3, -0.25) is 0 Å². The van der Waals surface area contributed by atoms with E-state index in [2.05, 4.69) is 38.4 Å². The molecule has 2 aromatic rings. The Balaban J connectivity index is 0.000000277. The van der Waals surface area contributed by atoms with E-state index in [4.69, 9.17) is 29.2 Å². The molecule has 0 saturated heterocycles. The molecular formula is C22H24Br2O8. The number of ether oxygens (including phenoxy) is 4. The lowest BCUT2D eigenvalue weighted by atomic mass is 10.2. The molecule has 174 valence electrons. The second-order valence-electron chi connectivity index (χ2n) is 5.84. The molecule has 0 aliphatic carbocycles. The summed E-state index contributed by atoms with van der Waals surface area (Å²) in [6.07, 6.45) is 0. The number of aromatic hydroxyl groups is 2. The van der Waals surface area contributed by atoms with Crippen molar-refractivity contribution < 1.29 is 38.7 Å². The maximum absolute atomic E-state index is 11.4. The van der Waals surface area contributed by atoms with Gasteiger partial charge in [-0.2, -0.15) is 0 Å². The highest BCUT2D eigenvalue weighted by atomic mass is 79.9. The number of halogens is 2. The maximum Gasteiger partial charge on any atom is 0.338 e. The number of phenols is 2. The maximum atomic E-state index is 11.4. The Bertz CT molecular complexity index is 926. The molecule has 32 heavy (non-hydrogen) atoms. The molecule has 10 heteroatoms. The number of fused-ring (bicyclic) bond motifs is 1. The Labute approximate surface area is 203 Å². The lowest BCUT2D eigenvalue weighted by molar-refractivity contribution is 0.0516. The van der Waals surface area contributed by atoms with Crippen LogP contribution in [0.25, 0.3) is 0 Å². The fourth-order valence-electron chi connectivity index (χ4n) is 2.25. The van der Waals surface area contributed by atoms with Gasteiger partial charge in [0.25, 0.3) is 0 Å². The summed E-state index contributed by atoms with van der Waals surface area (Å²) in [4.78, 5) is 22.5. The molecule has 3 rings (SSSR count). The van der Waals surface area contributed by atoms with Gasteiger partial charge < -0.3 is 29.2 Å². The van der Waals surface area contributed by atoms with Crippen molar-refractivity contribution in [2.75, 3.05) is 26.4 Å². The monoisotopic (exact) mass is 574 g/mol. The molecular weight excluding hydrogens is 552 g/mol. The van der Waals surface area contributed by atoms with Crippen LogP contribution in [-0.4, -0.2) is 48.6 Å². The van der Waals surface area contributed by atoms with E-state index >= 15 is 0 Å². The fraction of sp³-hybridized carbons (Fsp3) is 0.273. The van der Waals surface area contributed by atoms with E-state index in [9.17, 15) is 9.59 Å². The zero-order valence-electron chi connectivity index (χ0n) is 17.6. The number of hydrogen-bond donors (Lipinski definition) is 2. The van der Waals surface area contributed by atoms with Crippen LogP contribution in [0.15, 0.2) is 46.4 Å². The molecule has 0 bridgehead atoms. The Kier molecular flexibility index (Phi) is 12.3. The molecule has 1 aliphatic rings. The van der Waals surface area contributed by atoms with Crippen LogP contribution in [0.5, 0.6) is 23.0 Å². The van der Waals surface area contributed by atoms with Crippen molar-refractivity contribution in [1.82, 2.24) is 0 Å². The second-order valence-corrected chi connectivity index (χ2v) is 8.82. The lowest BCUT2D eigenvalue weighted by Crippen LogP contribution is -2.16. The minimum Gasteiger partial charge on any atom is -0.504 e. The van der Waals surface area contributed by atoms with Crippen molar-refractivity contribution in [3.8, 4) is 23.0 Å². The van der Waals surface area contributed by atoms with Gasteiger partial charge in [0.1, 0.15) is 13.2 Å². The highest BCUT2D eigenvalue weighted by molar-refractivity contribution is 9.28. The summed E-state index contributed by atoms with van der Waals surface area (Å²) in [6.45, 7) is 8.56. The SMILES string of the molecule is C=C(Br)Br.CCOC(=O)c1ccc(O)c(O)c1.CCOC(=O)c1ccc2c(c1)OCCO2. The largest absolute Gasteiger partial charge is 0.504 e. The molecule has 2 N–H and O–H groups in total. The molecule has 0 atom stereocenters. The van der Waals surface area contributed by atoms with Gasteiger partial charge in [-0.1, -0.05) is 6.58 Å². The third-order valence-corrected chi connectivity index (χ3v) is 3.54. The van der Waals surface area contributed by atoms with Crippen LogP contribution in [0.4, 0.5) is 0 Å². The van der Waals surface area contributed by atoms with Crippen LogP contribution in [0.3, 0.4) is 0 Å². The quantitative estimate of drug-likeness (QED) is 0.380. The van der Waals surface area contributed by atoms with E-state index in [0.717, 1.165) is 9.46 Å². The van der Waals surface area contributed by atoms with Crippen molar-refractivity contribution in [2.24, 2.45) is 0 Å². The van der Waals surface area contributed by atoms with Gasteiger partial charge in [-0.05, 0) is 82.1 Å². The van der Waals surface area contributed by atoms with E-state index in [1.807, 2.05) is 0 Å². The first-order valence-corrected chi connectivity index (χ1v) is 11.0. The number of esters is 2. The predicted molar refractivity (Wildman–Crippen MR) is 126 cm³/mol. The van der Waals surface area contributed by atoms with Crippen LogP contribution in [0, 0.1) is 0 Å². The zero-order valence-corrected chi connectivity index (χ0v) is 20.8. The van der Waals surface area contributed by atoms with Crippen LogP contribution >= 0.6 is 31.9 Å². The van der Waals surface area contributed by atoms with Crippen LogP contribution in [0.2, 0.25) is 0 Å². The second kappa shape index (κ2) is 14.4. The van der Waals surface area contributed by atoms with E-state index < -0.39 is 5.97 Å². The minimum atomic E-state index is -0.516. The zero-order chi connectivity index (χ0) is 24.1. The van der Waals surface area contributed by atoms with Crippen LogP contribution in [0.1, 0.15) is 34.6 Å². The molecule has 0 spiro atoms. The first-order valence-electron chi connectivity index (χ1n) is 9.45. The highest BCUT2D eigenvalue weighted by Crippen LogP contribution is 2.30. The van der Waals surface area contributed by atoms with Gasteiger partial charge >= 0.3 is 11.9 Å². The van der Waals surface area contributed by atoms with Crippen LogP contribution in [-0.2, 0) is 9.47 Å². The molecule has 0 saturated carbocycles. The van der Waals surface area contributed by atoms with Crippen molar-refractivity contribution in [3.05, 3.63) is 57.5 Å². The third-order valence-electron chi connectivity index (χ3n) is 3.54. The number of hydrogen-bond acceptors (Lipinski definition) is 8. The first kappa shape index (κ1) is 27.3. The summed E-state index contributed by atoms with van der Waals surface area (Å²) in [7, 11) is 0. The average molecular weight is 576 g/mol. The smallest absolute Gasteiger partial charge is 0.338 e. The Hall–Kier alpha value is -2.72. The molecule has 1 heterocycles. The van der Waals surface area contributed by atoms with Gasteiger partial charge in [-0.25, -0.2) is 9.59 Å². The van der Waals surface area contributed by atoms with E-state index in [1.165, 1.54) is 12.1 Å².